The van der Waals surface area contributed by atoms with Gasteiger partial charge in [0.2, 0.25) is 0 Å². The molecule has 2 rings (SSSR count). The predicted molar refractivity (Wildman–Crippen MR) is 95.0 cm³/mol. The Morgan fingerprint density at radius 1 is 1.17 bits per heavy atom. The molecule has 24 heavy (non-hydrogen) atoms. The van der Waals surface area contributed by atoms with Gasteiger partial charge in [0.1, 0.15) is 18.0 Å². The van der Waals surface area contributed by atoms with Crippen molar-refractivity contribution in [3.8, 4) is 0 Å². The molecule has 0 amide bonds. The number of rotatable bonds is 9. The first-order chi connectivity index (χ1) is 11.7. The van der Waals surface area contributed by atoms with Gasteiger partial charge in [-0.15, -0.1) is 10.2 Å². The Morgan fingerprint density at radius 3 is 2.71 bits per heavy atom. The Morgan fingerprint density at radius 2 is 2.00 bits per heavy atom. The fraction of sp³-hybridized carbons (Fsp3) is 0.625. The molecule has 0 atom stereocenters. The lowest BCUT2D eigenvalue weighted by atomic mass is 10.3. The molecule has 0 saturated heterocycles. The predicted octanol–water partition coefficient (Wildman–Crippen LogP) is 0.991. The number of aryl methyl sites for hydroxylation is 3. The molecule has 0 radical (unpaired) electrons. The van der Waals surface area contributed by atoms with Crippen LogP contribution in [0.5, 0.6) is 0 Å². The summed E-state index contributed by atoms with van der Waals surface area (Å²) in [5, 5.41) is 14.7. The molecule has 2 aromatic heterocycles. The molecule has 132 valence electrons. The second-order valence-electron chi connectivity index (χ2n) is 5.59. The topological polar surface area (TPSA) is 85.0 Å². The van der Waals surface area contributed by atoms with Crippen molar-refractivity contribution < 1.29 is 0 Å². The minimum Gasteiger partial charge on any atom is -0.356 e. The van der Waals surface area contributed by atoms with E-state index in [-0.39, 0.29) is 0 Å². The highest BCUT2D eigenvalue weighted by atomic mass is 15.3. The lowest BCUT2D eigenvalue weighted by Gasteiger charge is -2.13. The number of hydrogen-bond donors (Lipinski definition) is 2. The molecular formula is C16H28N8. The van der Waals surface area contributed by atoms with Gasteiger partial charge >= 0.3 is 0 Å². The van der Waals surface area contributed by atoms with Gasteiger partial charge in [0, 0.05) is 52.0 Å². The molecule has 2 aromatic rings. The second kappa shape index (κ2) is 9.69. The van der Waals surface area contributed by atoms with Crippen LogP contribution in [-0.4, -0.2) is 50.4 Å². The summed E-state index contributed by atoms with van der Waals surface area (Å²) >= 11 is 0. The molecule has 0 unspecified atom stereocenters. The summed E-state index contributed by atoms with van der Waals surface area (Å²) in [7, 11) is 1.79. The van der Waals surface area contributed by atoms with E-state index in [1.165, 1.54) is 0 Å². The Balaban J connectivity index is 1.59. The number of nitrogens with zero attached hydrogens (tertiary/aromatic N) is 6. The fourth-order valence-corrected chi connectivity index (χ4v) is 2.51. The van der Waals surface area contributed by atoms with Crippen LogP contribution in [0.1, 0.15) is 31.4 Å². The van der Waals surface area contributed by atoms with E-state index in [9.17, 15) is 0 Å². The van der Waals surface area contributed by atoms with Gasteiger partial charge in [-0.25, -0.2) is 4.98 Å². The van der Waals surface area contributed by atoms with Crippen molar-refractivity contribution in [1.82, 2.24) is 34.9 Å². The zero-order chi connectivity index (χ0) is 17.2. The third-order valence-corrected chi connectivity index (χ3v) is 3.92. The molecule has 0 bridgehead atoms. The fourth-order valence-electron chi connectivity index (χ4n) is 2.51. The quantitative estimate of drug-likeness (QED) is 0.406. The summed E-state index contributed by atoms with van der Waals surface area (Å²) < 4.78 is 4.24. The maximum atomic E-state index is 4.25. The first-order valence-corrected chi connectivity index (χ1v) is 8.53. The van der Waals surface area contributed by atoms with Gasteiger partial charge in [-0.3, -0.25) is 4.99 Å². The van der Waals surface area contributed by atoms with Gasteiger partial charge in [0.05, 0.1) is 0 Å². The van der Waals surface area contributed by atoms with Gasteiger partial charge in [0.25, 0.3) is 0 Å². The highest BCUT2D eigenvalue weighted by Crippen LogP contribution is 1.99. The Labute approximate surface area is 143 Å². The summed E-state index contributed by atoms with van der Waals surface area (Å²) in [6, 6.07) is 0. The van der Waals surface area contributed by atoms with E-state index in [1.807, 2.05) is 19.3 Å². The van der Waals surface area contributed by atoms with E-state index in [1.54, 1.807) is 13.4 Å². The van der Waals surface area contributed by atoms with Crippen LogP contribution in [0.2, 0.25) is 0 Å². The third kappa shape index (κ3) is 5.36. The van der Waals surface area contributed by atoms with E-state index in [0.29, 0.717) is 0 Å². The van der Waals surface area contributed by atoms with Crippen LogP contribution in [0.15, 0.2) is 23.7 Å². The molecule has 0 fully saturated rings. The van der Waals surface area contributed by atoms with E-state index >= 15 is 0 Å². The van der Waals surface area contributed by atoms with Crippen LogP contribution in [0.3, 0.4) is 0 Å². The van der Waals surface area contributed by atoms with E-state index in [4.69, 9.17) is 0 Å². The molecule has 0 aliphatic heterocycles. The smallest absolute Gasteiger partial charge is 0.191 e. The minimum atomic E-state index is 0.791. The number of unbranched alkanes of at least 4 members (excludes halogenated alkanes) is 1. The van der Waals surface area contributed by atoms with Gasteiger partial charge < -0.3 is 19.8 Å². The van der Waals surface area contributed by atoms with E-state index in [2.05, 4.69) is 46.9 Å². The van der Waals surface area contributed by atoms with Crippen LogP contribution in [-0.2, 0) is 19.5 Å². The number of imidazole rings is 1. The number of nitrogens with one attached hydrogen (secondary N) is 2. The Kier molecular flexibility index (Phi) is 7.25. The Hall–Kier alpha value is -2.38. The highest BCUT2D eigenvalue weighted by molar-refractivity contribution is 5.79. The van der Waals surface area contributed by atoms with Crippen molar-refractivity contribution in [3.63, 3.8) is 0 Å². The largest absolute Gasteiger partial charge is 0.356 e. The first kappa shape index (κ1) is 18.0. The second-order valence-corrected chi connectivity index (χ2v) is 5.59. The normalized spacial score (nSPS) is 11.7. The molecule has 0 saturated carbocycles. The Bertz CT molecular complexity index is 628. The molecule has 0 spiro atoms. The zero-order valence-corrected chi connectivity index (χ0v) is 14.9. The number of aliphatic imine (C=N–C) groups is 1. The number of guanidine groups is 1. The first-order valence-electron chi connectivity index (χ1n) is 8.53. The molecule has 0 aromatic carbocycles. The lowest BCUT2D eigenvalue weighted by Crippen LogP contribution is -2.39. The lowest BCUT2D eigenvalue weighted by molar-refractivity contribution is 0.585. The number of aromatic nitrogens is 5. The molecule has 8 nitrogen and oxygen atoms in total. The van der Waals surface area contributed by atoms with Crippen molar-refractivity contribution in [2.24, 2.45) is 4.99 Å². The van der Waals surface area contributed by atoms with Crippen molar-refractivity contribution in [2.75, 3.05) is 20.1 Å². The van der Waals surface area contributed by atoms with Gasteiger partial charge in [-0.2, -0.15) is 0 Å². The zero-order valence-electron chi connectivity index (χ0n) is 14.9. The molecule has 2 heterocycles. The van der Waals surface area contributed by atoms with Crippen molar-refractivity contribution in [3.05, 3.63) is 30.4 Å². The monoisotopic (exact) mass is 332 g/mol. The maximum absolute atomic E-state index is 4.25. The molecule has 0 aliphatic rings. The molecular weight excluding hydrogens is 304 g/mol. The van der Waals surface area contributed by atoms with Crippen LogP contribution < -0.4 is 10.6 Å². The minimum absolute atomic E-state index is 0.791. The summed E-state index contributed by atoms with van der Waals surface area (Å²) in [4.78, 5) is 8.48. The summed E-state index contributed by atoms with van der Waals surface area (Å²) in [6.45, 7) is 7.65. The van der Waals surface area contributed by atoms with Crippen molar-refractivity contribution in [2.45, 2.75) is 46.2 Å². The average Bonchev–Trinajstić information content (AvgIpc) is 3.21. The highest BCUT2D eigenvalue weighted by Gasteiger charge is 2.02. The summed E-state index contributed by atoms with van der Waals surface area (Å²) in [5.74, 6) is 2.91. The van der Waals surface area contributed by atoms with Crippen molar-refractivity contribution >= 4 is 5.96 Å². The van der Waals surface area contributed by atoms with Gasteiger partial charge in [-0.05, 0) is 19.8 Å². The third-order valence-electron chi connectivity index (χ3n) is 3.92. The van der Waals surface area contributed by atoms with Crippen LogP contribution >= 0.6 is 0 Å². The van der Waals surface area contributed by atoms with Crippen molar-refractivity contribution in [1.29, 1.82) is 0 Å². The van der Waals surface area contributed by atoms with Crippen LogP contribution in [0.4, 0.5) is 0 Å². The van der Waals surface area contributed by atoms with E-state index < -0.39 is 0 Å². The van der Waals surface area contributed by atoms with Gasteiger partial charge in [0.15, 0.2) is 5.96 Å². The number of hydrogen-bond acceptors (Lipinski definition) is 4. The molecule has 8 heteroatoms. The average molecular weight is 332 g/mol. The summed E-state index contributed by atoms with van der Waals surface area (Å²) in [6.07, 6.45) is 8.74. The van der Waals surface area contributed by atoms with E-state index in [0.717, 1.165) is 63.0 Å². The molecule has 2 N–H and O–H groups in total. The molecule has 0 aliphatic carbocycles. The maximum Gasteiger partial charge on any atom is 0.191 e. The summed E-state index contributed by atoms with van der Waals surface area (Å²) in [5.41, 5.74) is 0. The van der Waals surface area contributed by atoms with Crippen LogP contribution in [0.25, 0.3) is 0 Å². The standard InChI is InChI=1S/C16H28N8/c1-4-15-22-21-13-24(15)12-9-20-16(17-3)19-7-5-6-10-23-11-8-18-14(23)2/h8,11,13H,4-7,9-10,12H2,1-3H3,(H2,17,19,20). The SMILES string of the molecule is CCc1nncn1CCNC(=NC)NCCCCn1ccnc1C. The van der Waals surface area contributed by atoms with Gasteiger partial charge in [-0.1, -0.05) is 6.92 Å². The van der Waals surface area contributed by atoms with Crippen LogP contribution in [0, 0.1) is 6.92 Å².